The fourth-order valence-electron chi connectivity index (χ4n) is 4.66. The molecular formula is C29H28F5N5O4. The minimum atomic E-state index is -4.86. The van der Waals surface area contributed by atoms with Gasteiger partial charge in [-0.2, -0.15) is 18.3 Å². The largest absolute Gasteiger partial charge is 0.490 e. The van der Waals surface area contributed by atoms with Crippen molar-refractivity contribution in [1.82, 2.24) is 19.9 Å². The molecule has 0 spiro atoms. The fourth-order valence-corrected chi connectivity index (χ4v) is 4.66. The molecule has 0 bridgehead atoms. The summed E-state index contributed by atoms with van der Waals surface area (Å²) in [5.41, 5.74) is 3.68. The number of carbonyl (C=O) groups is 2. The second-order valence-corrected chi connectivity index (χ2v) is 9.88. The molecule has 4 aromatic rings. The third kappa shape index (κ3) is 6.14. The first-order valence-electron chi connectivity index (χ1n) is 12.9. The summed E-state index contributed by atoms with van der Waals surface area (Å²) in [7, 11) is 2.81. The van der Waals surface area contributed by atoms with Crippen LogP contribution in [0.25, 0.3) is 16.8 Å². The van der Waals surface area contributed by atoms with Gasteiger partial charge < -0.3 is 20.5 Å². The Balaban J connectivity index is 0.00000207. The van der Waals surface area contributed by atoms with E-state index in [9.17, 15) is 31.5 Å². The second kappa shape index (κ2) is 12.3. The van der Waals surface area contributed by atoms with Crippen LogP contribution >= 0.6 is 0 Å². The van der Waals surface area contributed by atoms with Gasteiger partial charge in [-0.1, -0.05) is 0 Å². The smallest absolute Gasteiger partial charge is 0.398 e. The number of nitrogens with zero attached hydrogens (tertiary/aromatic N) is 3. The number of hydrogen-bond donors (Lipinski definition) is 2. The van der Waals surface area contributed by atoms with Crippen LogP contribution in [0.3, 0.4) is 0 Å². The molecule has 228 valence electrons. The number of aldehydes is 1. The first kappa shape index (κ1) is 31.3. The fraction of sp³-hybridized carbons (Fsp3) is 0.310. The number of aromatic nitrogens is 3. The van der Waals surface area contributed by atoms with E-state index in [1.165, 1.54) is 55.9 Å². The highest BCUT2D eigenvalue weighted by atomic mass is 19.4. The summed E-state index contributed by atoms with van der Waals surface area (Å²) < 4.78 is 83.1. The second-order valence-electron chi connectivity index (χ2n) is 9.88. The maximum absolute atomic E-state index is 14.4. The van der Waals surface area contributed by atoms with Gasteiger partial charge in [-0.25, -0.2) is 18.3 Å². The molecule has 1 aliphatic heterocycles. The molecule has 4 heterocycles. The summed E-state index contributed by atoms with van der Waals surface area (Å²) in [5.74, 6) is -3.46. The first-order chi connectivity index (χ1) is 20.5. The number of pyridine rings is 2. The molecule has 9 nitrogen and oxygen atoms in total. The normalized spacial score (nSPS) is 16.5. The minimum Gasteiger partial charge on any atom is -0.490 e. The van der Waals surface area contributed by atoms with E-state index >= 15 is 0 Å². The van der Waals surface area contributed by atoms with Crippen molar-refractivity contribution in [2.45, 2.75) is 24.4 Å². The molecule has 3 aromatic heterocycles. The van der Waals surface area contributed by atoms with Crippen LogP contribution < -0.4 is 20.5 Å². The van der Waals surface area contributed by atoms with Gasteiger partial charge in [0.1, 0.15) is 42.2 Å². The van der Waals surface area contributed by atoms with Crippen LogP contribution in [-0.4, -0.2) is 67.0 Å². The number of alkyl halides is 4. The van der Waals surface area contributed by atoms with Crippen LogP contribution in [0.2, 0.25) is 0 Å². The molecule has 14 heteroatoms. The molecule has 1 aliphatic rings. The highest BCUT2D eigenvalue weighted by Gasteiger charge is 2.45. The van der Waals surface area contributed by atoms with Gasteiger partial charge >= 0.3 is 6.18 Å². The Morgan fingerprint density at radius 3 is 2.51 bits per heavy atom. The number of amides is 1. The predicted octanol–water partition coefficient (Wildman–Crippen LogP) is 4.63. The molecule has 0 saturated heterocycles. The van der Waals surface area contributed by atoms with Gasteiger partial charge in [0.2, 0.25) is 5.88 Å². The Morgan fingerprint density at radius 2 is 1.91 bits per heavy atom. The summed E-state index contributed by atoms with van der Waals surface area (Å²) >= 11 is 0. The van der Waals surface area contributed by atoms with E-state index in [4.69, 9.17) is 9.47 Å². The molecule has 2 atom stereocenters. The first-order valence-corrected chi connectivity index (χ1v) is 12.9. The summed E-state index contributed by atoms with van der Waals surface area (Å²) in [6.07, 6.45) is -4.35. The quantitative estimate of drug-likeness (QED) is 0.222. The molecule has 43 heavy (non-hydrogen) atoms. The van der Waals surface area contributed by atoms with E-state index in [0.29, 0.717) is 11.8 Å². The van der Waals surface area contributed by atoms with Gasteiger partial charge in [0.15, 0.2) is 6.29 Å². The van der Waals surface area contributed by atoms with E-state index in [2.05, 4.69) is 21.1 Å². The minimum absolute atomic E-state index is 0.0113. The standard InChI is InChI=1S/C28H23F5N4O4.CH5N/c1-27(13-29)14-41-25-20(27)10-22(35-24(25)15-3-5-17(30)6-4-15)21(28(31,32)33)11-34-26(39)16-7-19-9-18(12-38)36-37(19)23(8-16)40-2;1-2/h3-10,12,21H,11,13-14H2,1-2H3,(H,34,39);2H2,1H3. The molecular weight excluding hydrogens is 577 g/mol. The van der Waals surface area contributed by atoms with Gasteiger partial charge in [0.05, 0.1) is 23.7 Å². The Hall–Kier alpha value is -4.59. The number of rotatable bonds is 8. The van der Waals surface area contributed by atoms with Gasteiger partial charge in [0.25, 0.3) is 5.91 Å². The number of methoxy groups -OCH3 is 1. The SMILES string of the molecule is CN.COc1cc(C(=O)NCC(c2cc3c(c(-c4ccc(F)cc4)n2)OCC3(C)CF)C(F)(F)F)cc2cc(C=O)nn12. The van der Waals surface area contributed by atoms with Crippen LogP contribution in [0.4, 0.5) is 22.0 Å². The van der Waals surface area contributed by atoms with E-state index in [-0.39, 0.29) is 46.3 Å². The number of ether oxygens (including phenoxy) is 2. The Labute approximate surface area is 242 Å². The average Bonchev–Trinajstić information content (AvgIpc) is 3.58. The summed E-state index contributed by atoms with van der Waals surface area (Å²) in [4.78, 5) is 28.3. The lowest BCUT2D eigenvalue weighted by atomic mass is 9.84. The summed E-state index contributed by atoms with van der Waals surface area (Å²) in [5, 5.41) is 6.31. The third-order valence-corrected chi connectivity index (χ3v) is 6.95. The van der Waals surface area contributed by atoms with Crippen molar-refractivity contribution in [1.29, 1.82) is 0 Å². The highest BCUT2D eigenvalue weighted by molar-refractivity contribution is 5.96. The topological polar surface area (TPSA) is 121 Å². The van der Waals surface area contributed by atoms with Crippen molar-refractivity contribution in [3.63, 3.8) is 0 Å². The lowest BCUT2D eigenvalue weighted by molar-refractivity contribution is -0.149. The van der Waals surface area contributed by atoms with Gasteiger partial charge in [0, 0.05) is 29.3 Å². The van der Waals surface area contributed by atoms with Crippen LogP contribution in [0, 0.1) is 5.82 Å². The number of fused-ring (bicyclic) bond motifs is 2. The van der Waals surface area contributed by atoms with Gasteiger partial charge in [-0.15, -0.1) is 0 Å². The zero-order chi connectivity index (χ0) is 31.5. The Morgan fingerprint density at radius 1 is 1.21 bits per heavy atom. The van der Waals surface area contributed by atoms with E-state index < -0.39 is 48.1 Å². The zero-order valence-electron chi connectivity index (χ0n) is 23.3. The molecule has 0 aliphatic carbocycles. The predicted molar refractivity (Wildman–Crippen MR) is 147 cm³/mol. The number of carbonyl (C=O) groups excluding carboxylic acids is 2. The summed E-state index contributed by atoms with van der Waals surface area (Å²) in [6.45, 7) is -0.380. The lowest BCUT2D eigenvalue weighted by Gasteiger charge is -2.24. The number of hydrogen-bond acceptors (Lipinski definition) is 7. The van der Waals surface area contributed by atoms with Crippen molar-refractivity contribution >= 4 is 17.7 Å². The average molecular weight is 606 g/mol. The third-order valence-electron chi connectivity index (χ3n) is 6.95. The number of benzene rings is 1. The molecule has 3 N–H and O–H groups in total. The highest BCUT2D eigenvalue weighted by Crippen LogP contribution is 2.46. The Bertz CT molecular complexity index is 1640. The number of halogens is 5. The van der Waals surface area contributed by atoms with Crippen LogP contribution in [-0.2, 0) is 5.41 Å². The molecule has 0 saturated carbocycles. The van der Waals surface area contributed by atoms with Crippen LogP contribution in [0.15, 0.2) is 48.5 Å². The molecule has 0 fully saturated rings. The molecule has 0 radical (unpaired) electrons. The zero-order valence-corrected chi connectivity index (χ0v) is 23.3. The molecule has 1 aromatic carbocycles. The maximum atomic E-state index is 14.4. The molecule has 1 amide bonds. The monoisotopic (exact) mass is 605 g/mol. The number of nitrogens with one attached hydrogen (secondary N) is 1. The summed E-state index contributed by atoms with van der Waals surface area (Å²) in [6, 6.07) is 10.1. The van der Waals surface area contributed by atoms with E-state index in [0.717, 1.165) is 18.2 Å². The van der Waals surface area contributed by atoms with Crippen LogP contribution in [0.5, 0.6) is 11.6 Å². The Kier molecular flexibility index (Phi) is 8.99. The van der Waals surface area contributed by atoms with Gasteiger partial charge in [-0.05, 0) is 56.4 Å². The van der Waals surface area contributed by atoms with Crippen LogP contribution in [0.1, 0.15) is 44.9 Å². The lowest BCUT2D eigenvalue weighted by Crippen LogP contribution is -2.36. The molecule has 2 unspecified atom stereocenters. The van der Waals surface area contributed by atoms with Crippen molar-refractivity contribution < 1.29 is 41.0 Å². The molecule has 5 rings (SSSR count). The van der Waals surface area contributed by atoms with E-state index in [1.807, 2.05) is 0 Å². The van der Waals surface area contributed by atoms with Crippen molar-refractivity contribution in [2.24, 2.45) is 5.73 Å². The van der Waals surface area contributed by atoms with Crippen molar-refractivity contribution in [3.8, 4) is 22.9 Å². The van der Waals surface area contributed by atoms with Gasteiger partial charge in [-0.3, -0.25) is 9.59 Å². The van der Waals surface area contributed by atoms with E-state index in [1.54, 1.807) is 0 Å². The van der Waals surface area contributed by atoms with Crippen molar-refractivity contribution in [2.75, 3.05) is 34.0 Å². The van der Waals surface area contributed by atoms with Crippen molar-refractivity contribution in [3.05, 3.63) is 76.9 Å². The number of nitrogens with two attached hydrogens (primary N) is 1. The maximum Gasteiger partial charge on any atom is 0.398 e.